The molecule has 4 nitrogen and oxygen atoms in total. The maximum Gasteiger partial charge on any atom is 0.270 e. The van der Waals surface area contributed by atoms with Crippen molar-refractivity contribution < 1.29 is 4.79 Å². The molecule has 1 aliphatic heterocycles. The van der Waals surface area contributed by atoms with Crippen LogP contribution in [0.4, 0.5) is 5.69 Å². The summed E-state index contributed by atoms with van der Waals surface area (Å²) in [6.45, 7) is 3.97. The predicted octanol–water partition coefficient (Wildman–Crippen LogP) is 3.01. The summed E-state index contributed by atoms with van der Waals surface area (Å²) in [6.07, 6.45) is 3.40. The highest BCUT2D eigenvalue weighted by Gasteiger charge is 2.21. The number of aromatic nitrogens is 1. The van der Waals surface area contributed by atoms with Gasteiger partial charge in [0.1, 0.15) is 5.69 Å². The van der Waals surface area contributed by atoms with Crippen LogP contribution in [0, 0.1) is 5.92 Å². The molecule has 2 aromatic rings. The first kappa shape index (κ1) is 13.0. The number of anilines is 1. The molecule has 1 aromatic heterocycles. The van der Waals surface area contributed by atoms with Crippen molar-refractivity contribution in [2.75, 3.05) is 18.8 Å². The smallest absolute Gasteiger partial charge is 0.270 e. The Kier molecular flexibility index (Phi) is 3.38. The van der Waals surface area contributed by atoms with E-state index in [0.29, 0.717) is 17.3 Å². The van der Waals surface area contributed by atoms with Gasteiger partial charge in [-0.25, -0.2) is 0 Å². The van der Waals surface area contributed by atoms with E-state index in [0.717, 1.165) is 36.8 Å². The molecule has 2 heterocycles. The molecular weight excluding hydrogens is 250 g/mol. The van der Waals surface area contributed by atoms with Crippen LogP contribution in [0.3, 0.4) is 0 Å². The van der Waals surface area contributed by atoms with Gasteiger partial charge in [-0.15, -0.1) is 0 Å². The van der Waals surface area contributed by atoms with E-state index in [9.17, 15) is 4.79 Å². The summed E-state index contributed by atoms with van der Waals surface area (Å²) in [7, 11) is 0. The topological polar surface area (TPSA) is 62.1 Å². The summed E-state index contributed by atoms with van der Waals surface area (Å²) < 4.78 is 0. The number of amides is 1. The van der Waals surface area contributed by atoms with Gasteiger partial charge in [0.25, 0.3) is 5.91 Å². The van der Waals surface area contributed by atoms with Gasteiger partial charge in [0, 0.05) is 18.5 Å². The Labute approximate surface area is 118 Å². The second-order valence-corrected chi connectivity index (χ2v) is 5.82. The first-order valence-electron chi connectivity index (χ1n) is 7.31. The van der Waals surface area contributed by atoms with Gasteiger partial charge in [-0.1, -0.05) is 19.1 Å². The van der Waals surface area contributed by atoms with Gasteiger partial charge in [0.2, 0.25) is 0 Å². The average molecular weight is 271 g/mol. The Morgan fingerprint density at radius 1 is 1.35 bits per heavy atom. The molecule has 1 aliphatic rings. The number of carbonyl (C=O) groups is 1. The number of aromatic amines is 1. The third-order valence-corrected chi connectivity index (χ3v) is 4.22. The Morgan fingerprint density at radius 3 is 3.00 bits per heavy atom. The third-order valence-electron chi connectivity index (χ3n) is 4.22. The molecule has 1 saturated heterocycles. The van der Waals surface area contributed by atoms with Crippen molar-refractivity contribution in [2.24, 2.45) is 5.92 Å². The normalized spacial score (nSPS) is 20.1. The number of nitrogen functional groups attached to an aromatic ring is 1. The number of benzene rings is 1. The predicted molar refractivity (Wildman–Crippen MR) is 81.6 cm³/mol. The fourth-order valence-electron chi connectivity index (χ4n) is 2.93. The number of para-hydroxylation sites is 1. The Morgan fingerprint density at radius 2 is 2.20 bits per heavy atom. The highest BCUT2D eigenvalue weighted by molar-refractivity contribution is 6.00. The van der Waals surface area contributed by atoms with Crippen LogP contribution in [0.2, 0.25) is 0 Å². The number of hydrogen-bond donors (Lipinski definition) is 2. The maximum absolute atomic E-state index is 12.6. The van der Waals surface area contributed by atoms with E-state index >= 15 is 0 Å². The summed E-state index contributed by atoms with van der Waals surface area (Å²) in [6, 6.07) is 7.64. The van der Waals surface area contributed by atoms with E-state index in [1.54, 1.807) is 0 Å². The third kappa shape index (κ3) is 2.38. The fourth-order valence-corrected chi connectivity index (χ4v) is 2.93. The van der Waals surface area contributed by atoms with Crippen LogP contribution in [-0.2, 0) is 0 Å². The number of rotatable bonds is 1. The first-order chi connectivity index (χ1) is 9.65. The minimum Gasteiger partial charge on any atom is -0.397 e. The van der Waals surface area contributed by atoms with Crippen LogP contribution in [0.25, 0.3) is 10.9 Å². The number of fused-ring (bicyclic) bond motifs is 1. The Bertz CT molecular complexity index is 632. The minimum atomic E-state index is 0.0923. The number of nitrogens with zero attached hydrogens (tertiary/aromatic N) is 1. The van der Waals surface area contributed by atoms with Crippen molar-refractivity contribution >= 4 is 22.5 Å². The highest BCUT2D eigenvalue weighted by Crippen LogP contribution is 2.23. The zero-order valence-corrected chi connectivity index (χ0v) is 11.9. The van der Waals surface area contributed by atoms with Crippen LogP contribution in [0.5, 0.6) is 0 Å². The molecule has 20 heavy (non-hydrogen) atoms. The van der Waals surface area contributed by atoms with Crippen molar-refractivity contribution in [2.45, 2.75) is 26.2 Å². The second kappa shape index (κ2) is 5.19. The molecule has 0 aliphatic carbocycles. The molecule has 106 valence electrons. The van der Waals surface area contributed by atoms with Gasteiger partial charge in [0.05, 0.1) is 11.2 Å². The lowest BCUT2D eigenvalue weighted by Crippen LogP contribution is -2.32. The number of likely N-dealkylation sites (tertiary alicyclic amines) is 1. The lowest BCUT2D eigenvalue weighted by atomic mass is 10.0. The SMILES string of the molecule is CC1CCCN(C(=O)c2cc3cccc(N)c3[nH]2)CC1. The summed E-state index contributed by atoms with van der Waals surface area (Å²) in [5, 5.41) is 0.997. The van der Waals surface area contributed by atoms with E-state index in [1.165, 1.54) is 6.42 Å². The Balaban J connectivity index is 1.86. The average Bonchev–Trinajstić information content (AvgIpc) is 2.76. The molecule has 1 unspecified atom stereocenters. The largest absolute Gasteiger partial charge is 0.397 e. The van der Waals surface area contributed by atoms with Crippen LogP contribution in [-0.4, -0.2) is 28.9 Å². The van der Waals surface area contributed by atoms with Crippen LogP contribution < -0.4 is 5.73 Å². The minimum absolute atomic E-state index is 0.0923. The van der Waals surface area contributed by atoms with Gasteiger partial charge in [-0.2, -0.15) is 0 Å². The van der Waals surface area contributed by atoms with E-state index in [-0.39, 0.29) is 5.91 Å². The summed E-state index contributed by atoms with van der Waals surface area (Å²) in [5.74, 6) is 0.806. The van der Waals surface area contributed by atoms with Gasteiger partial charge >= 0.3 is 0 Å². The van der Waals surface area contributed by atoms with E-state index < -0.39 is 0 Å². The maximum atomic E-state index is 12.6. The lowest BCUT2D eigenvalue weighted by Gasteiger charge is -2.19. The van der Waals surface area contributed by atoms with Gasteiger partial charge in [0.15, 0.2) is 0 Å². The van der Waals surface area contributed by atoms with Crippen molar-refractivity contribution in [3.63, 3.8) is 0 Å². The molecule has 1 atom stereocenters. The number of hydrogen-bond acceptors (Lipinski definition) is 2. The lowest BCUT2D eigenvalue weighted by molar-refractivity contribution is 0.0755. The number of carbonyl (C=O) groups excluding carboxylic acids is 1. The van der Waals surface area contributed by atoms with Crippen LogP contribution >= 0.6 is 0 Å². The number of H-pyrrole nitrogens is 1. The van der Waals surface area contributed by atoms with Crippen molar-refractivity contribution in [1.29, 1.82) is 0 Å². The van der Waals surface area contributed by atoms with Gasteiger partial charge < -0.3 is 15.6 Å². The van der Waals surface area contributed by atoms with Gasteiger partial charge in [-0.05, 0) is 37.3 Å². The number of nitrogens with one attached hydrogen (secondary N) is 1. The molecule has 3 N–H and O–H groups in total. The first-order valence-corrected chi connectivity index (χ1v) is 7.31. The standard InChI is InChI=1S/C16H21N3O/c1-11-4-3-8-19(9-7-11)16(20)14-10-12-5-2-6-13(17)15(12)18-14/h2,5-6,10-11,18H,3-4,7-9,17H2,1H3. The number of nitrogens with two attached hydrogens (primary N) is 1. The monoisotopic (exact) mass is 271 g/mol. The summed E-state index contributed by atoms with van der Waals surface area (Å²) >= 11 is 0. The molecule has 0 spiro atoms. The van der Waals surface area contributed by atoms with Crippen molar-refractivity contribution in [3.8, 4) is 0 Å². The van der Waals surface area contributed by atoms with E-state index in [1.807, 2.05) is 29.2 Å². The second-order valence-electron chi connectivity index (χ2n) is 5.82. The van der Waals surface area contributed by atoms with E-state index in [4.69, 9.17) is 5.73 Å². The van der Waals surface area contributed by atoms with Crippen molar-refractivity contribution in [3.05, 3.63) is 30.0 Å². The molecule has 1 aromatic carbocycles. The molecule has 0 saturated carbocycles. The highest BCUT2D eigenvalue weighted by atomic mass is 16.2. The van der Waals surface area contributed by atoms with E-state index in [2.05, 4.69) is 11.9 Å². The summed E-state index contributed by atoms with van der Waals surface area (Å²) in [4.78, 5) is 17.7. The molecule has 4 heteroatoms. The van der Waals surface area contributed by atoms with Crippen molar-refractivity contribution in [1.82, 2.24) is 9.88 Å². The molecule has 1 fully saturated rings. The molecular formula is C16H21N3O. The quantitative estimate of drug-likeness (QED) is 0.783. The zero-order chi connectivity index (χ0) is 14.1. The molecule has 0 radical (unpaired) electrons. The molecule has 1 amide bonds. The molecule has 0 bridgehead atoms. The summed E-state index contributed by atoms with van der Waals surface area (Å²) in [5.41, 5.74) is 8.13. The van der Waals surface area contributed by atoms with Crippen LogP contribution in [0.15, 0.2) is 24.3 Å². The van der Waals surface area contributed by atoms with Gasteiger partial charge in [-0.3, -0.25) is 4.79 Å². The molecule has 3 rings (SSSR count). The zero-order valence-electron chi connectivity index (χ0n) is 11.9. The Hall–Kier alpha value is -1.97. The van der Waals surface area contributed by atoms with Crippen LogP contribution in [0.1, 0.15) is 36.7 Å². The fraction of sp³-hybridized carbons (Fsp3) is 0.438.